The molecule has 6 heteroatoms. The van der Waals surface area contributed by atoms with Gasteiger partial charge in [0.25, 0.3) is 0 Å². The largest absolute Gasteiger partial charge is 0.507 e. The topological polar surface area (TPSA) is 89.9 Å². The number of carbonyl (C=O) groups is 3. The Labute approximate surface area is 181 Å². The highest BCUT2D eigenvalue weighted by Crippen LogP contribution is 2.29. The molecule has 162 valence electrons. The Morgan fingerprint density at radius 3 is 2.26 bits per heavy atom. The van der Waals surface area contributed by atoms with Gasteiger partial charge in [-0.15, -0.1) is 0 Å². The first-order valence-electron chi connectivity index (χ1n) is 9.76. The van der Waals surface area contributed by atoms with E-state index in [1.807, 2.05) is 26.8 Å². The van der Waals surface area contributed by atoms with Crippen molar-refractivity contribution in [3.63, 3.8) is 0 Å². The highest BCUT2D eigenvalue weighted by molar-refractivity contribution is 6.09. The monoisotopic (exact) mass is 422 g/mol. The Kier molecular flexibility index (Phi) is 7.91. The van der Waals surface area contributed by atoms with Crippen molar-refractivity contribution in [3.05, 3.63) is 70.3 Å². The van der Waals surface area contributed by atoms with Crippen LogP contribution >= 0.6 is 0 Å². The minimum atomic E-state index is -0.555. The molecule has 0 spiro atoms. The number of aromatic hydroxyl groups is 1. The zero-order valence-corrected chi connectivity index (χ0v) is 18.3. The summed E-state index contributed by atoms with van der Waals surface area (Å²) in [6, 6.07) is 7.87. The summed E-state index contributed by atoms with van der Waals surface area (Å²) < 4.78 is 10.2. The van der Waals surface area contributed by atoms with E-state index in [0.29, 0.717) is 17.5 Å². The van der Waals surface area contributed by atoms with Crippen LogP contribution in [0.15, 0.2) is 48.1 Å². The molecule has 0 unspecified atom stereocenters. The normalized spacial score (nSPS) is 10.6. The standard InChI is InChI=1S/C25H26O6/c1-15(2)6-11-21-16(3)7-12-22(25(21)29)23(28)13-9-19-8-10-20(30-17(4)26)14-24(19)31-18(5)27/h6-10,12-14,29H,11H2,1-5H3/b13-9+. The molecule has 0 aromatic heterocycles. The van der Waals surface area contributed by atoms with Gasteiger partial charge >= 0.3 is 11.9 Å². The van der Waals surface area contributed by atoms with Crippen molar-refractivity contribution < 1.29 is 29.0 Å². The first-order valence-corrected chi connectivity index (χ1v) is 9.76. The van der Waals surface area contributed by atoms with Gasteiger partial charge in [0.2, 0.25) is 0 Å². The van der Waals surface area contributed by atoms with Gasteiger partial charge < -0.3 is 14.6 Å². The molecule has 31 heavy (non-hydrogen) atoms. The highest BCUT2D eigenvalue weighted by Gasteiger charge is 2.15. The fourth-order valence-corrected chi connectivity index (χ4v) is 2.88. The molecule has 0 aliphatic heterocycles. The summed E-state index contributed by atoms with van der Waals surface area (Å²) in [4.78, 5) is 35.3. The molecule has 0 bridgehead atoms. The molecule has 2 aromatic rings. The number of ketones is 1. The van der Waals surface area contributed by atoms with Gasteiger partial charge in [-0.05, 0) is 63.1 Å². The third-order valence-corrected chi connectivity index (χ3v) is 4.41. The summed E-state index contributed by atoms with van der Waals surface area (Å²) in [5.41, 5.74) is 3.34. The fourth-order valence-electron chi connectivity index (χ4n) is 2.88. The third-order valence-electron chi connectivity index (χ3n) is 4.41. The van der Waals surface area contributed by atoms with Crippen molar-refractivity contribution in [3.8, 4) is 17.2 Å². The lowest BCUT2D eigenvalue weighted by atomic mass is 9.97. The van der Waals surface area contributed by atoms with Gasteiger partial charge in [-0.1, -0.05) is 17.7 Å². The molecule has 0 amide bonds. The van der Waals surface area contributed by atoms with Crippen LogP contribution in [-0.2, 0) is 16.0 Å². The first-order chi connectivity index (χ1) is 14.6. The average molecular weight is 422 g/mol. The molecule has 0 aliphatic rings. The Morgan fingerprint density at radius 1 is 0.968 bits per heavy atom. The van der Waals surface area contributed by atoms with Crippen LogP contribution in [-0.4, -0.2) is 22.8 Å². The van der Waals surface area contributed by atoms with Gasteiger partial charge in [-0.2, -0.15) is 0 Å². The maximum Gasteiger partial charge on any atom is 0.308 e. The van der Waals surface area contributed by atoms with Crippen molar-refractivity contribution in [1.82, 2.24) is 0 Å². The smallest absolute Gasteiger partial charge is 0.308 e. The molecular formula is C25H26O6. The Balaban J connectivity index is 2.36. The van der Waals surface area contributed by atoms with Crippen molar-refractivity contribution in [1.29, 1.82) is 0 Å². The summed E-state index contributed by atoms with van der Waals surface area (Å²) >= 11 is 0. The van der Waals surface area contributed by atoms with Crippen molar-refractivity contribution in [2.24, 2.45) is 0 Å². The van der Waals surface area contributed by atoms with Crippen molar-refractivity contribution in [2.45, 2.75) is 41.0 Å². The second kappa shape index (κ2) is 10.4. The van der Waals surface area contributed by atoms with E-state index in [4.69, 9.17) is 9.47 Å². The number of hydrogen-bond donors (Lipinski definition) is 1. The second-order valence-electron chi connectivity index (χ2n) is 7.33. The number of ether oxygens (including phenoxy) is 2. The van der Waals surface area contributed by atoms with Gasteiger partial charge in [0.1, 0.15) is 17.2 Å². The molecule has 0 aliphatic carbocycles. The van der Waals surface area contributed by atoms with Gasteiger partial charge in [0.05, 0.1) is 5.56 Å². The van der Waals surface area contributed by atoms with E-state index in [2.05, 4.69) is 0 Å². The number of aryl methyl sites for hydroxylation is 1. The lowest BCUT2D eigenvalue weighted by Crippen LogP contribution is -2.05. The number of allylic oxidation sites excluding steroid dienone is 3. The lowest BCUT2D eigenvalue weighted by molar-refractivity contribution is -0.132. The Hall–Kier alpha value is -3.67. The van der Waals surface area contributed by atoms with E-state index in [1.54, 1.807) is 18.2 Å². The van der Waals surface area contributed by atoms with Crippen LogP contribution < -0.4 is 9.47 Å². The van der Waals surface area contributed by atoms with Crippen LogP contribution in [0.5, 0.6) is 17.2 Å². The zero-order chi connectivity index (χ0) is 23.1. The van der Waals surface area contributed by atoms with Crippen LogP contribution in [0.3, 0.4) is 0 Å². The summed E-state index contributed by atoms with van der Waals surface area (Å²) in [6.45, 7) is 8.33. The number of benzene rings is 2. The van der Waals surface area contributed by atoms with Gasteiger partial charge in [-0.25, -0.2) is 0 Å². The minimum absolute atomic E-state index is 0.0439. The van der Waals surface area contributed by atoms with Crippen LogP contribution in [0.2, 0.25) is 0 Å². The first kappa shape index (κ1) is 23.6. The number of phenolic OH excluding ortho intramolecular Hbond substituents is 1. The molecule has 0 heterocycles. The minimum Gasteiger partial charge on any atom is -0.507 e. The van der Waals surface area contributed by atoms with E-state index in [0.717, 1.165) is 11.1 Å². The molecule has 2 aromatic carbocycles. The molecular weight excluding hydrogens is 396 g/mol. The molecule has 0 saturated carbocycles. The summed E-state index contributed by atoms with van der Waals surface area (Å²) in [5, 5.41) is 10.6. The molecule has 2 rings (SSSR count). The molecule has 0 radical (unpaired) electrons. The molecule has 1 N–H and O–H groups in total. The van der Waals surface area contributed by atoms with Gasteiger partial charge in [0.15, 0.2) is 5.78 Å². The number of phenols is 1. The van der Waals surface area contributed by atoms with E-state index < -0.39 is 17.7 Å². The van der Waals surface area contributed by atoms with Crippen LogP contribution in [0.1, 0.15) is 54.7 Å². The quantitative estimate of drug-likeness (QED) is 0.223. The Bertz CT molecular complexity index is 1070. The molecule has 0 saturated heterocycles. The van der Waals surface area contributed by atoms with E-state index in [1.165, 1.54) is 38.1 Å². The number of rotatable bonds is 7. The molecule has 0 atom stereocenters. The van der Waals surface area contributed by atoms with Gasteiger partial charge in [0, 0.05) is 31.0 Å². The predicted octanol–water partition coefficient (Wildman–Crippen LogP) is 4.96. The fraction of sp³-hybridized carbons (Fsp3) is 0.240. The third kappa shape index (κ3) is 6.67. The van der Waals surface area contributed by atoms with E-state index in [-0.39, 0.29) is 22.8 Å². The predicted molar refractivity (Wildman–Crippen MR) is 118 cm³/mol. The van der Waals surface area contributed by atoms with Crippen molar-refractivity contribution >= 4 is 23.8 Å². The lowest BCUT2D eigenvalue weighted by Gasteiger charge is -2.10. The molecule has 0 fully saturated rings. The summed E-state index contributed by atoms with van der Waals surface area (Å²) in [7, 11) is 0. The van der Waals surface area contributed by atoms with Gasteiger partial charge in [-0.3, -0.25) is 14.4 Å². The molecule has 6 nitrogen and oxygen atoms in total. The van der Waals surface area contributed by atoms with Crippen LogP contribution in [0.25, 0.3) is 6.08 Å². The maximum atomic E-state index is 12.7. The van der Waals surface area contributed by atoms with Crippen molar-refractivity contribution in [2.75, 3.05) is 0 Å². The highest BCUT2D eigenvalue weighted by atomic mass is 16.5. The van der Waals surface area contributed by atoms with Crippen LogP contribution in [0, 0.1) is 6.92 Å². The number of hydrogen-bond acceptors (Lipinski definition) is 6. The second-order valence-corrected chi connectivity index (χ2v) is 7.33. The average Bonchev–Trinajstić information content (AvgIpc) is 2.66. The number of carbonyl (C=O) groups excluding carboxylic acids is 3. The SMILES string of the molecule is CC(=O)Oc1ccc(/C=C/C(=O)c2ccc(C)c(CC=C(C)C)c2O)c(OC(C)=O)c1. The van der Waals surface area contributed by atoms with Crippen LogP contribution in [0.4, 0.5) is 0 Å². The Morgan fingerprint density at radius 2 is 1.65 bits per heavy atom. The summed E-state index contributed by atoms with van der Waals surface area (Å²) in [6.07, 6.45) is 5.29. The summed E-state index contributed by atoms with van der Waals surface area (Å²) in [5.74, 6) is -1.14. The zero-order valence-electron chi connectivity index (χ0n) is 18.3. The van der Waals surface area contributed by atoms with E-state index >= 15 is 0 Å². The maximum absolute atomic E-state index is 12.7. The number of esters is 2. The van der Waals surface area contributed by atoms with E-state index in [9.17, 15) is 19.5 Å².